The van der Waals surface area contributed by atoms with Crippen molar-refractivity contribution in [2.45, 2.75) is 18.9 Å². The molecule has 0 bridgehead atoms. The summed E-state index contributed by atoms with van der Waals surface area (Å²) >= 11 is 0. The molecule has 0 spiro atoms. The molecule has 98 valence electrons. The minimum Gasteiger partial charge on any atom is -0.372 e. The SMILES string of the molecule is CN1CCOC(c2ccc(N3CCCC3)cc2)C1. The Morgan fingerprint density at radius 2 is 1.78 bits per heavy atom. The van der Waals surface area contributed by atoms with Gasteiger partial charge in [0.15, 0.2) is 0 Å². The van der Waals surface area contributed by atoms with Crippen LogP contribution in [0.5, 0.6) is 0 Å². The van der Waals surface area contributed by atoms with Gasteiger partial charge in [-0.15, -0.1) is 0 Å². The first-order valence-corrected chi connectivity index (χ1v) is 6.98. The van der Waals surface area contributed by atoms with Gasteiger partial charge >= 0.3 is 0 Å². The highest BCUT2D eigenvalue weighted by atomic mass is 16.5. The van der Waals surface area contributed by atoms with Crippen molar-refractivity contribution in [3.63, 3.8) is 0 Å². The van der Waals surface area contributed by atoms with E-state index in [0.717, 1.165) is 19.7 Å². The van der Waals surface area contributed by atoms with Crippen LogP contribution >= 0.6 is 0 Å². The van der Waals surface area contributed by atoms with Crippen LogP contribution in [0.25, 0.3) is 0 Å². The Morgan fingerprint density at radius 1 is 1.06 bits per heavy atom. The number of rotatable bonds is 2. The van der Waals surface area contributed by atoms with E-state index < -0.39 is 0 Å². The number of likely N-dealkylation sites (N-methyl/N-ethyl adjacent to an activating group) is 1. The second-order valence-corrected chi connectivity index (χ2v) is 5.41. The van der Waals surface area contributed by atoms with Crippen molar-refractivity contribution in [1.82, 2.24) is 4.90 Å². The van der Waals surface area contributed by atoms with Gasteiger partial charge in [-0.3, -0.25) is 0 Å². The molecule has 1 aromatic carbocycles. The predicted octanol–water partition coefficient (Wildman–Crippen LogP) is 2.29. The Labute approximate surface area is 109 Å². The summed E-state index contributed by atoms with van der Waals surface area (Å²) in [5.74, 6) is 0. The van der Waals surface area contributed by atoms with Crippen molar-refractivity contribution < 1.29 is 4.74 Å². The third kappa shape index (κ3) is 2.52. The maximum Gasteiger partial charge on any atom is 0.0952 e. The lowest BCUT2D eigenvalue weighted by Gasteiger charge is -2.30. The standard InChI is InChI=1S/C15H22N2O/c1-16-10-11-18-15(12-16)13-4-6-14(7-5-13)17-8-2-3-9-17/h4-7,15H,2-3,8-12H2,1H3. The maximum atomic E-state index is 5.84. The summed E-state index contributed by atoms with van der Waals surface area (Å²) in [7, 11) is 2.16. The summed E-state index contributed by atoms with van der Waals surface area (Å²) in [5.41, 5.74) is 2.67. The number of morpholine rings is 1. The molecule has 0 radical (unpaired) electrons. The molecule has 1 unspecified atom stereocenters. The van der Waals surface area contributed by atoms with E-state index in [-0.39, 0.29) is 6.10 Å². The summed E-state index contributed by atoms with van der Waals surface area (Å²) < 4.78 is 5.84. The molecule has 2 saturated heterocycles. The van der Waals surface area contributed by atoms with Crippen LogP contribution in [-0.2, 0) is 4.74 Å². The first-order valence-electron chi connectivity index (χ1n) is 6.98. The van der Waals surface area contributed by atoms with E-state index in [1.165, 1.54) is 37.2 Å². The van der Waals surface area contributed by atoms with Crippen molar-refractivity contribution in [1.29, 1.82) is 0 Å². The van der Waals surface area contributed by atoms with Gasteiger partial charge in [0.1, 0.15) is 0 Å². The number of benzene rings is 1. The van der Waals surface area contributed by atoms with Gasteiger partial charge < -0.3 is 14.5 Å². The zero-order valence-corrected chi connectivity index (χ0v) is 11.1. The lowest BCUT2D eigenvalue weighted by molar-refractivity contribution is -0.0208. The molecule has 2 aliphatic rings. The monoisotopic (exact) mass is 246 g/mol. The van der Waals surface area contributed by atoms with Crippen LogP contribution in [0.15, 0.2) is 24.3 Å². The Morgan fingerprint density at radius 3 is 2.44 bits per heavy atom. The smallest absolute Gasteiger partial charge is 0.0952 e. The number of hydrogen-bond acceptors (Lipinski definition) is 3. The topological polar surface area (TPSA) is 15.7 Å². The van der Waals surface area contributed by atoms with Crippen LogP contribution in [0.2, 0.25) is 0 Å². The molecule has 0 aromatic heterocycles. The van der Waals surface area contributed by atoms with Crippen LogP contribution in [-0.4, -0.2) is 44.7 Å². The third-order valence-electron chi connectivity index (χ3n) is 4.01. The zero-order chi connectivity index (χ0) is 12.4. The fraction of sp³-hybridized carbons (Fsp3) is 0.600. The quantitative estimate of drug-likeness (QED) is 0.796. The minimum atomic E-state index is 0.247. The molecule has 2 aliphatic heterocycles. The minimum absolute atomic E-state index is 0.247. The lowest BCUT2D eigenvalue weighted by atomic mass is 10.1. The fourth-order valence-corrected chi connectivity index (χ4v) is 2.85. The zero-order valence-electron chi connectivity index (χ0n) is 11.1. The molecule has 0 saturated carbocycles. The maximum absolute atomic E-state index is 5.84. The van der Waals surface area contributed by atoms with E-state index in [1.54, 1.807) is 0 Å². The number of nitrogens with zero attached hydrogens (tertiary/aromatic N) is 2. The van der Waals surface area contributed by atoms with Crippen LogP contribution in [0, 0.1) is 0 Å². The van der Waals surface area contributed by atoms with Gasteiger partial charge in [-0.25, -0.2) is 0 Å². The van der Waals surface area contributed by atoms with Crippen molar-refractivity contribution in [2.75, 3.05) is 44.7 Å². The molecule has 18 heavy (non-hydrogen) atoms. The van der Waals surface area contributed by atoms with Gasteiger partial charge in [0, 0.05) is 31.9 Å². The Balaban J connectivity index is 1.70. The number of ether oxygens (including phenoxy) is 1. The van der Waals surface area contributed by atoms with Gasteiger partial charge in [-0.1, -0.05) is 12.1 Å². The van der Waals surface area contributed by atoms with Gasteiger partial charge in [-0.2, -0.15) is 0 Å². The van der Waals surface area contributed by atoms with Gasteiger partial charge in [-0.05, 0) is 37.6 Å². The Kier molecular flexibility index (Phi) is 3.52. The van der Waals surface area contributed by atoms with E-state index in [0.29, 0.717) is 0 Å². The highest BCUT2D eigenvalue weighted by Gasteiger charge is 2.20. The average molecular weight is 246 g/mol. The first kappa shape index (κ1) is 12.0. The molecular formula is C15H22N2O. The summed E-state index contributed by atoms with van der Waals surface area (Å²) in [6.45, 7) is 5.31. The predicted molar refractivity (Wildman–Crippen MR) is 74.1 cm³/mol. The van der Waals surface area contributed by atoms with Gasteiger partial charge in [0.2, 0.25) is 0 Å². The molecule has 0 amide bonds. The molecule has 1 aromatic rings. The van der Waals surface area contributed by atoms with Crippen molar-refractivity contribution in [2.24, 2.45) is 0 Å². The molecule has 2 heterocycles. The summed E-state index contributed by atoms with van der Waals surface area (Å²) in [4.78, 5) is 4.81. The van der Waals surface area contributed by atoms with E-state index in [2.05, 4.69) is 41.1 Å². The molecule has 2 fully saturated rings. The van der Waals surface area contributed by atoms with Crippen LogP contribution in [0.4, 0.5) is 5.69 Å². The fourth-order valence-electron chi connectivity index (χ4n) is 2.85. The van der Waals surface area contributed by atoms with Gasteiger partial charge in [0.05, 0.1) is 12.7 Å². The second kappa shape index (κ2) is 5.29. The van der Waals surface area contributed by atoms with Crippen molar-refractivity contribution in [3.05, 3.63) is 29.8 Å². The van der Waals surface area contributed by atoms with E-state index in [1.807, 2.05) is 0 Å². The van der Waals surface area contributed by atoms with Gasteiger partial charge in [0.25, 0.3) is 0 Å². The molecule has 3 rings (SSSR count). The van der Waals surface area contributed by atoms with Crippen LogP contribution < -0.4 is 4.90 Å². The Hall–Kier alpha value is -1.06. The average Bonchev–Trinajstić information content (AvgIpc) is 2.93. The van der Waals surface area contributed by atoms with E-state index in [9.17, 15) is 0 Å². The number of hydrogen-bond donors (Lipinski definition) is 0. The summed E-state index contributed by atoms with van der Waals surface area (Å²) in [6, 6.07) is 8.96. The van der Waals surface area contributed by atoms with E-state index >= 15 is 0 Å². The normalized spacial score (nSPS) is 25.6. The van der Waals surface area contributed by atoms with E-state index in [4.69, 9.17) is 4.74 Å². The number of anilines is 1. The highest BCUT2D eigenvalue weighted by Crippen LogP contribution is 2.25. The molecule has 1 atom stereocenters. The van der Waals surface area contributed by atoms with Crippen LogP contribution in [0.1, 0.15) is 24.5 Å². The summed E-state index contributed by atoms with van der Waals surface area (Å²) in [6.07, 6.45) is 2.91. The molecule has 0 N–H and O–H groups in total. The highest BCUT2D eigenvalue weighted by molar-refractivity contribution is 5.48. The lowest BCUT2D eigenvalue weighted by Crippen LogP contribution is -2.35. The van der Waals surface area contributed by atoms with Crippen molar-refractivity contribution >= 4 is 5.69 Å². The van der Waals surface area contributed by atoms with Crippen molar-refractivity contribution in [3.8, 4) is 0 Å². The molecule has 0 aliphatic carbocycles. The first-order chi connectivity index (χ1) is 8.83. The molecular weight excluding hydrogens is 224 g/mol. The Bertz CT molecular complexity index is 384. The largest absolute Gasteiger partial charge is 0.372 e. The molecule has 3 heteroatoms. The second-order valence-electron chi connectivity index (χ2n) is 5.41. The van der Waals surface area contributed by atoms with Crippen LogP contribution in [0.3, 0.4) is 0 Å². The third-order valence-corrected chi connectivity index (χ3v) is 4.01. The summed E-state index contributed by atoms with van der Waals surface area (Å²) in [5, 5.41) is 0. The molecule has 3 nitrogen and oxygen atoms in total.